The molecule has 0 fully saturated rings. The molecule has 0 aromatic carbocycles. The molecule has 0 spiro atoms. The van der Waals surface area contributed by atoms with Crippen LogP contribution in [0.15, 0.2) is 14.8 Å². The molecule has 0 bridgehead atoms. The summed E-state index contributed by atoms with van der Waals surface area (Å²) in [6.07, 6.45) is 1.45. The SMILES string of the molecule is CCOC(=O)[C@@H](CC)Sc1nc2c(c(=O)n1C)S[C@@H](C)C2. The van der Waals surface area contributed by atoms with E-state index in [1.807, 2.05) is 6.92 Å². The quantitative estimate of drug-likeness (QED) is 0.469. The van der Waals surface area contributed by atoms with Crippen molar-refractivity contribution in [3.05, 3.63) is 16.0 Å². The smallest absolute Gasteiger partial charge is 0.319 e. The van der Waals surface area contributed by atoms with Crippen molar-refractivity contribution >= 4 is 29.5 Å². The summed E-state index contributed by atoms with van der Waals surface area (Å²) < 4.78 is 6.61. The maximum atomic E-state index is 12.4. The lowest BCUT2D eigenvalue weighted by atomic mass is 10.2. The van der Waals surface area contributed by atoms with Gasteiger partial charge in [0.15, 0.2) is 5.16 Å². The van der Waals surface area contributed by atoms with Crippen molar-refractivity contribution in [1.82, 2.24) is 9.55 Å². The van der Waals surface area contributed by atoms with Crippen molar-refractivity contribution in [1.29, 1.82) is 0 Å². The molecule has 0 saturated carbocycles. The Morgan fingerprint density at radius 3 is 2.90 bits per heavy atom. The van der Waals surface area contributed by atoms with Crippen molar-refractivity contribution < 1.29 is 9.53 Å². The molecule has 2 atom stereocenters. The van der Waals surface area contributed by atoms with Gasteiger partial charge >= 0.3 is 5.97 Å². The molecule has 21 heavy (non-hydrogen) atoms. The molecule has 0 radical (unpaired) electrons. The third-order valence-corrected chi connectivity index (χ3v) is 5.85. The summed E-state index contributed by atoms with van der Waals surface area (Å²) in [5, 5.41) is 0.647. The molecule has 0 amide bonds. The molecule has 0 saturated heterocycles. The summed E-state index contributed by atoms with van der Waals surface area (Å²) in [6, 6.07) is 0. The van der Waals surface area contributed by atoms with E-state index in [0.717, 1.165) is 17.0 Å². The highest BCUT2D eigenvalue weighted by molar-refractivity contribution is 8.00. The van der Waals surface area contributed by atoms with Crippen molar-refractivity contribution in [2.45, 2.75) is 54.2 Å². The Hall–Kier alpha value is -0.950. The van der Waals surface area contributed by atoms with E-state index in [9.17, 15) is 9.59 Å². The first-order valence-corrected chi connectivity index (χ1v) is 8.83. The Balaban J connectivity index is 2.29. The number of hydrogen-bond donors (Lipinski definition) is 0. The highest BCUT2D eigenvalue weighted by Gasteiger charge is 2.27. The number of thioether (sulfide) groups is 2. The van der Waals surface area contributed by atoms with Crippen LogP contribution in [0, 0.1) is 0 Å². The second-order valence-electron chi connectivity index (χ2n) is 4.93. The van der Waals surface area contributed by atoms with Gasteiger partial charge in [-0.05, 0) is 13.3 Å². The zero-order valence-electron chi connectivity index (χ0n) is 12.7. The third-order valence-electron chi connectivity index (χ3n) is 3.25. The van der Waals surface area contributed by atoms with Gasteiger partial charge in [-0.3, -0.25) is 14.2 Å². The fourth-order valence-corrected chi connectivity index (χ4v) is 4.28. The number of rotatable bonds is 5. The van der Waals surface area contributed by atoms with Crippen LogP contribution in [0.2, 0.25) is 0 Å². The van der Waals surface area contributed by atoms with Gasteiger partial charge in [-0.15, -0.1) is 11.8 Å². The predicted octanol–water partition coefficient (Wildman–Crippen LogP) is 2.25. The minimum atomic E-state index is -0.326. The predicted molar refractivity (Wildman–Crippen MR) is 85.1 cm³/mol. The van der Waals surface area contributed by atoms with Gasteiger partial charge in [0.1, 0.15) is 5.25 Å². The first-order valence-electron chi connectivity index (χ1n) is 7.07. The average Bonchev–Trinajstić information content (AvgIpc) is 2.82. The van der Waals surface area contributed by atoms with Crippen molar-refractivity contribution in [2.75, 3.05) is 6.61 Å². The largest absolute Gasteiger partial charge is 0.465 e. The first kappa shape index (κ1) is 16.4. The monoisotopic (exact) mass is 328 g/mol. The van der Waals surface area contributed by atoms with Gasteiger partial charge in [0, 0.05) is 18.7 Å². The average molecular weight is 328 g/mol. The van der Waals surface area contributed by atoms with Gasteiger partial charge in [-0.1, -0.05) is 25.6 Å². The molecule has 0 unspecified atom stereocenters. The Morgan fingerprint density at radius 1 is 1.57 bits per heavy atom. The highest BCUT2D eigenvalue weighted by Crippen LogP contribution is 2.34. The molecule has 1 aliphatic heterocycles. The van der Waals surface area contributed by atoms with E-state index < -0.39 is 0 Å². The van der Waals surface area contributed by atoms with Gasteiger partial charge in [-0.2, -0.15) is 0 Å². The Kier molecular flexibility index (Phi) is 5.37. The molecule has 0 N–H and O–H groups in total. The van der Waals surface area contributed by atoms with Crippen LogP contribution < -0.4 is 5.56 Å². The van der Waals surface area contributed by atoms with Crippen LogP contribution in [0.4, 0.5) is 0 Å². The Labute approximate surface area is 132 Å². The molecule has 1 aliphatic rings. The number of carbonyl (C=O) groups excluding carboxylic acids is 1. The number of nitrogens with zero attached hydrogens (tertiary/aromatic N) is 2. The molecule has 0 aliphatic carbocycles. The van der Waals surface area contributed by atoms with E-state index in [1.165, 1.54) is 16.3 Å². The second-order valence-corrected chi connectivity index (χ2v) is 7.55. The lowest BCUT2D eigenvalue weighted by molar-refractivity contribution is -0.142. The maximum absolute atomic E-state index is 12.4. The molecule has 1 aromatic heterocycles. The normalized spacial score (nSPS) is 18.4. The molecule has 1 aromatic rings. The van der Waals surface area contributed by atoms with Crippen molar-refractivity contribution in [2.24, 2.45) is 7.05 Å². The van der Waals surface area contributed by atoms with E-state index in [4.69, 9.17) is 4.74 Å². The van der Waals surface area contributed by atoms with Crippen molar-refractivity contribution in [3.8, 4) is 0 Å². The third kappa shape index (κ3) is 3.45. The van der Waals surface area contributed by atoms with Gasteiger partial charge in [0.2, 0.25) is 0 Å². The molecular formula is C14H20N2O3S2. The van der Waals surface area contributed by atoms with Crippen LogP contribution in [0.1, 0.15) is 32.9 Å². The zero-order valence-corrected chi connectivity index (χ0v) is 14.3. The number of carbonyl (C=O) groups is 1. The topological polar surface area (TPSA) is 61.2 Å². The molecule has 7 heteroatoms. The number of ether oxygens (including phenoxy) is 1. The molecule has 2 rings (SSSR count). The van der Waals surface area contributed by atoms with Gasteiger partial charge in [-0.25, -0.2) is 4.98 Å². The van der Waals surface area contributed by atoms with Crippen LogP contribution in [0.5, 0.6) is 0 Å². The van der Waals surface area contributed by atoms with E-state index in [1.54, 1.807) is 25.7 Å². The fraction of sp³-hybridized carbons (Fsp3) is 0.643. The molecular weight excluding hydrogens is 308 g/mol. The second kappa shape index (κ2) is 6.87. The van der Waals surface area contributed by atoms with Gasteiger partial charge in [0.25, 0.3) is 5.56 Å². The number of esters is 1. The van der Waals surface area contributed by atoms with Crippen LogP contribution in [0.3, 0.4) is 0 Å². The summed E-state index contributed by atoms with van der Waals surface area (Å²) >= 11 is 2.90. The van der Waals surface area contributed by atoms with Crippen LogP contribution in [0.25, 0.3) is 0 Å². The lowest BCUT2D eigenvalue weighted by Gasteiger charge is -2.15. The van der Waals surface area contributed by atoms with E-state index in [2.05, 4.69) is 11.9 Å². The Morgan fingerprint density at radius 2 is 2.29 bits per heavy atom. The minimum Gasteiger partial charge on any atom is -0.465 e. The van der Waals surface area contributed by atoms with Gasteiger partial charge < -0.3 is 4.74 Å². The maximum Gasteiger partial charge on any atom is 0.319 e. The summed E-state index contributed by atoms with van der Waals surface area (Å²) in [7, 11) is 1.71. The van der Waals surface area contributed by atoms with Gasteiger partial charge in [0.05, 0.1) is 17.2 Å². The van der Waals surface area contributed by atoms with Crippen LogP contribution in [-0.2, 0) is 23.0 Å². The minimum absolute atomic E-state index is 0.0180. The zero-order chi connectivity index (χ0) is 15.6. The van der Waals surface area contributed by atoms with Crippen LogP contribution in [-0.4, -0.2) is 32.6 Å². The molecule has 5 nitrogen and oxygen atoms in total. The fourth-order valence-electron chi connectivity index (χ4n) is 2.14. The van der Waals surface area contributed by atoms with E-state index in [0.29, 0.717) is 23.4 Å². The highest BCUT2D eigenvalue weighted by atomic mass is 32.2. The first-order chi connectivity index (χ1) is 9.97. The van der Waals surface area contributed by atoms with E-state index in [-0.39, 0.29) is 16.8 Å². The number of hydrogen-bond acceptors (Lipinski definition) is 6. The van der Waals surface area contributed by atoms with Crippen molar-refractivity contribution in [3.63, 3.8) is 0 Å². The summed E-state index contributed by atoms with van der Waals surface area (Å²) in [5.41, 5.74) is 0.840. The standard InChI is InChI=1S/C14H20N2O3S2/c1-5-10(13(18)19-6-2)21-14-15-9-7-8(3)20-11(9)12(17)16(14)4/h8,10H,5-7H2,1-4H3/t8-,10+/m0/s1. The van der Waals surface area contributed by atoms with Crippen LogP contribution >= 0.6 is 23.5 Å². The summed E-state index contributed by atoms with van der Waals surface area (Å²) in [5.74, 6) is -0.248. The number of fused-ring (bicyclic) bond motifs is 1. The summed E-state index contributed by atoms with van der Waals surface area (Å²) in [6.45, 7) is 6.17. The summed E-state index contributed by atoms with van der Waals surface area (Å²) in [4.78, 5) is 29.6. The Bertz CT molecular complexity index is 601. The molecule has 116 valence electrons. The lowest BCUT2D eigenvalue weighted by Crippen LogP contribution is -2.25. The number of aromatic nitrogens is 2. The molecule has 2 heterocycles. The van der Waals surface area contributed by atoms with E-state index >= 15 is 0 Å².